The third-order valence-corrected chi connectivity index (χ3v) is 4.49. The van der Waals surface area contributed by atoms with Crippen molar-refractivity contribution in [1.29, 1.82) is 0 Å². The SMILES string of the molecule is Cc1ccc(Nc2nc(Nc3ccc(F)cc3)nc3c2C(=O)CCC3)cc1. The van der Waals surface area contributed by atoms with Crippen molar-refractivity contribution in [1.82, 2.24) is 9.97 Å². The number of carbonyl (C=O) groups is 1. The van der Waals surface area contributed by atoms with Gasteiger partial charge in [-0.05, 0) is 56.2 Å². The Balaban J connectivity index is 1.71. The molecule has 1 aromatic heterocycles. The van der Waals surface area contributed by atoms with Gasteiger partial charge in [0.2, 0.25) is 5.95 Å². The zero-order valence-corrected chi connectivity index (χ0v) is 14.9. The summed E-state index contributed by atoms with van der Waals surface area (Å²) in [5, 5.41) is 6.34. The number of ketones is 1. The van der Waals surface area contributed by atoms with E-state index in [1.807, 2.05) is 31.2 Å². The third-order valence-electron chi connectivity index (χ3n) is 4.49. The highest BCUT2D eigenvalue weighted by Crippen LogP contribution is 2.29. The summed E-state index contributed by atoms with van der Waals surface area (Å²) in [4.78, 5) is 21.5. The highest BCUT2D eigenvalue weighted by molar-refractivity contribution is 6.03. The molecule has 5 nitrogen and oxygen atoms in total. The molecule has 0 atom stereocenters. The van der Waals surface area contributed by atoms with Gasteiger partial charge in [-0.2, -0.15) is 4.98 Å². The molecule has 136 valence electrons. The van der Waals surface area contributed by atoms with E-state index in [1.54, 1.807) is 12.1 Å². The number of hydrogen-bond donors (Lipinski definition) is 2. The predicted molar refractivity (Wildman–Crippen MR) is 103 cm³/mol. The summed E-state index contributed by atoms with van der Waals surface area (Å²) in [5.74, 6) is 0.626. The molecule has 6 heteroatoms. The summed E-state index contributed by atoms with van der Waals surface area (Å²) in [6, 6.07) is 13.9. The van der Waals surface area contributed by atoms with Gasteiger partial charge in [0.15, 0.2) is 5.78 Å². The highest BCUT2D eigenvalue weighted by atomic mass is 19.1. The minimum atomic E-state index is -0.306. The lowest BCUT2D eigenvalue weighted by Crippen LogP contribution is -2.17. The van der Waals surface area contributed by atoms with Crippen molar-refractivity contribution >= 4 is 28.9 Å². The molecular weight excluding hydrogens is 343 g/mol. The molecule has 0 spiro atoms. The second-order valence-electron chi connectivity index (χ2n) is 6.62. The van der Waals surface area contributed by atoms with Crippen molar-refractivity contribution in [3.63, 3.8) is 0 Å². The van der Waals surface area contributed by atoms with Gasteiger partial charge >= 0.3 is 0 Å². The van der Waals surface area contributed by atoms with Crippen molar-refractivity contribution in [3.05, 3.63) is 71.2 Å². The number of anilines is 4. The second-order valence-corrected chi connectivity index (χ2v) is 6.62. The zero-order valence-electron chi connectivity index (χ0n) is 14.9. The van der Waals surface area contributed by atoms with Gasteiger partial charge in [0.25, 0.3) is 0 Å². The van der Waals surface area contributed by atoms with E-state index in [1.165, 1.54) is 12.1 Å². The normalized spacial score (nSPS) is 13.2. The van der Waals surface area contributed by atoms with Crippen LogP contribution in [0.2, 0.25) is 0 Å². The largest absolute Gasteiger partial charge is 0.339 e. The summed E-state index contributed by atoms with van der Waals surface area (Å²) in [6.07, 6.45) is 2.01. The summed E-state index contributed by atoms with van der Waals surface area (Å²) < 4.78 is 13.1. The Kier molecular flexibility index (Phi) is 4.54. The van der Waals surface area contributed by atoms with Crippen LogP contribution in [0, 0.1) is 12.7 Å². The highest BCUT2D eigenvalue weighted by Gasteiger charge is 2.24. The third kappa shape index (κ3) is 3.79. The monoisotopic (exact) mass is 362 g/mol. The number of aryl methyl sites for hydroxylation is 2. The van der Waals surface area contributed by atoms with Crippen LogP contribution < -0.4 is 10.6 Å². The predicted octanol–water partition coefficient (Wildman–Crippen LogP) is 4.93. The van der Waals surface area contributed by atoms with E-state index in [9.17, 15) is 9.18 Å². The van der Waals surface area contributed by atoms with E-state index >= 15 is 0 Å². The average Bonchev–Trinajstić information content (AvgIpc) is 2.65. The number of halogens is 1. The summed E-state index contributed by atoms with van der Waals surface area (Å²) >= 11 is 0. The van der Waals surface area contributed by atoms with Crippen molar-refractivity contribution < 1.29 is 9.18 Å². The van der Waals surface area contributed by atoms with E-state index in [0.29, 0.717) is 29.4 Å². The van der Waals surface area contributed by atoms with E-state index in [-0.39, 0.29) is 11.6 Å². The van der Waals surface area contributed by atoms with Gasteiger partial charge in [0, 0.05) is 17.8 Å². The van der Waals surface area contributed by atoms with Crippen LogP contribution in [-0.2, 0) is 6.42 Å². The molecular formula is C21H19FN4O. The van der Waals surface area contributed by atoms with E-state index in [2.05, 4.69) is 20.6 Å². The molecule has 0 amide bonds. The van der Waals surface area contributed by atoms with Gasteiger partial charge in [-0.15, -0.1) is 0 Å². The topological polar surface area (TPSA) is 66.9 Å². The smallest absolute Gasteiger partial charge is 0.229 e. The number of benzene rings is 2. The molecule has 27 heavy (non-hydrogen) atoms. The first-order chi connectivity index (χ1) is 13.1. The number of fused-ring (bicyclic) bond motifs is 1. The van der Waals surface area contributed by atoms with Crippen LogP contribution >= 0.6 is 0 Å². The van der Waals surface area contributed by atoms with Crippen molar-refractivity contribution in [3.8, 4) is 0 Å². The Hall–Kier alpha value is -3.28. The molecule has 0 unspecified atom stereocenters. The lowest BCUT2D eigenvalue weighted by molar-refractivity contribution is 0.0972. The quantitative estimate of drug-likeness (QED) is 0.689. The first-order valence-electron chi connectivity index (χ1n) is 8.89. The van der Waals surface area contributed by atoms with Gasteiger partial charge in [-0.25, -0.2) is 9.37 Å². The molecule has 0 bridgehead atoms. The van der Waals surface area contributed by atoms with Gasteiger partial charge < -0.3 is 10.6 Å². The molecule has 3 aromatic rings. The fourth-order valence-electron chi connectivity index (χ4n) is 3.10. The van der Waals surface area contributed by atoms with Crippen LogP contribution in [0.15, 0.2) is 48.5 Å². The maximum absolute atomic E-state index is 13.1. The number of rotatable bonds is 4. The molecule has 0 aliphatic heterocycles. The first kappa shape index (κ1) is 17.1. The molecule has 0 saturated carbocycles. The maximum atomic E-state index is 13.1. The number of carbonyl (C=O) groups excluding carboxylic acids is 1. The second kappa shape index (κ2) is 7.15. The Labute approximate surface area is 156 Å². The van der Waals surface area contributed by atoms with Crippen LogP contribution in [0.3, 0.4) is 0 Å². The molecule has 2 aromatic carbocycles. The zero-order chi connectivity index (χ0) is 18.8. The van der Waals surface area contributed by atoms with E-state index in [4.69, 9.17) is 0 Å². The van der Waals surface area contributed by atoms with Crippen LogP contribution in [-0.4, -0.2) is 15.8 Å². The minimum Gasteiger partial charge on any atom is -0.339 e. The van der Waals surface area contributed by atoms with Gasteiger partial charge in [-0.1, -0.05) is 17.7 Å². The Bertz CT molecular complexity index is 984. The fourth-order valence-corrected chi connectivity index (χ4v) is 3.10. The number of aromatic nitrogens is 2. The standard InChI is InChI=1S/C21H19FN4O/c1-13-5-9-15(10-6-13)23-20-19-17(3-2-4-18(19)27)25-21(26-20)24-16-11-7-14(22)8-12-16/h5-12H,2-4H2,1H3,(H2,23,24,25,26). The summed E-state index contributed by atoms with van der Waals surface area (Å²) in [5.41, 5.74) is 3.99. The molecule has 0 radical (unpaired) electrons. The van der Waals surface area contributed by atoms with Gasteiger partial charge in [0.05, 0.1) is 11.3 Å². The summed E-state index contributed by atoms with van der Waals surface area (Å²) in [6.45, 7) is 2.02. The van der Waals surface area contributed by atoms with Crippen molar-refractivity contribution in [2.24, 2.45) is 0 Å². The van der Waals surface area contributed by atoms with Gasteiger partial charge in [0.1, 0.15) is 11.6 Å². The molecule has 1 heterocycles. The average molecular weight is 362 g/mol. The number of nitrogens with one attached hydrogen (secondary N) is 2. The lowest BCUT2D eigenvalue weighted by atomic mass is 9.95. The number of Topliss-reactive ketones (excluding diaryl/α,β-unsaturated/α-hetero) is 1. The number of nitrogens with zero attached hydrogens (tertiary/aromatic N) is 2. The van der Waals surface area contributed by atoms with Crippen LogP contribution in [0.5, 0.6) is 0 Å². The molecule has 2 N–H and O–H groups in total. The molecule has 1 aliphatic carbocycles. The Morgan fingerprint density at radius 2 is 1.56 bits per heavy atom. The van der Waals surface area contributed by atoms with Crippen molar-refractivity contribution in [2.45, 2.75) is 26.2 Å². The van der Waals surface area contributed by atoms with E-state index in [0.717, 1.165) is 29.8 Å². The minimum absolute atomic E-state index is 0.0548. The van der Waals surface area contributed by atoms with Gasteiger partial charge in [-0.3, -0.25) is 4.79 Å². The first-order valence-corrected chi connectivity index (χ1v) is 8.89. The Morgan fingerprint density at radius 3 is 2.30 bits per heavy atom. The molecule has 1 aliphatic rings. The van der Waals surface area contributed by atoms with Crippen LogP contribution in [0.4, 0.5) is 27.5 Å². The molecule has 0 fully saturated rings. The van der Waals surface area contributed by atoms with Crippen molar-refractivity contribution in [2.75, 3.05) is 10.6 Å². The Morgan fingerprint density at radius 1 is 0.889 bits per heavy atom. The number of hydrogen-bond acceptors (Lipinski definition) is 5. The van der Waals surface area contributed by atoms with Crippen LogP contribution in [0.25, 0.3) is 0 Å². The van der Waals surface area contributed by atoms with Crippen LogP contribution in [0.1, 0.15) is 34.5 Å². The maximum Gasteiger partial charge on any atom is 0.229 e. The van der Waals surface area contributed by atoms with E-state index < -0.39 is 0 Å². The lowest BCUT2D eigenvalue weighted by Gasteiger charge is -2.19. The summed E-state index contributed by atoms with van der Waals surface area (Å²) in [7, 11) is 0. The molecule has 4 rings (SSSR count). The molecule has 0 saturated heterocycles. The fraction of sp³-hybridized carbons (Fsp3) is 0.190.